The maximum atomic E-state index is 9.06. The summed E-state index contributed by atoms with van der Waals surface area (Å²) in [7, 11) is 0. The van der Waals surface area contributed by atoms with Crippen LogP contribution < -0.4 is 5.73 Å². The molecule has 0 aromatic carbocycles. The lowest BCUT2D eigenvalue weighted by Crippen LogP contribution is -2.44. The first-order chi connectivity index (χ1) is 7.03. The van der Waals surface area contributed by atoms with Crippen LogP contribution in [0, 0.1) is 0 Å². The largest absolute Gasteiger partial charge is 0.394 e. The molecule has 4 heteroatoms. The second-order valence-corrected chi connectivity index (χ2v) is 4.90. The highest BCUT2D eigenvalue weighted by Crippen LogP contribution is 2.10. The minimum Gasteiger partial charge on any atom is -0.394 e. The van der Waals surface area contributed by atoms with Crippen molar-refractivity contribution in [3.05, 3.63) is 0 Å². The number of nitrogens with zero attached hydrogens (tertiary/aromatic N) is 1. The van der Waals surface area contributed by atoms with Crippen molar-refractivity contribution in [3.8, 4) is 0 Å². The Morgan fingerprint density at radius 3 is 3.00 bits per heavy atom. The lowest BCUT2D eigenvalue weighted by Gasteiger charge is -2.27. The Morgan fingerprint density at radius 1 is 1.60 bits per heavy atom. The highest BCUT2D eigenvalue weighted by atomic mass is 16.5. The Bertz CT molecular complexity index is 185. The fraction of sp³-hybridized carbons (Fsp3) is 1.00. The molecule has 0 amide bonds. The second-order valence-electron chi connectivity index (χ2n) is 4.90. The van der Waals surface area contributed by atoms with Gasteiger partial charge >= 0.3 is 0 Å². The number of aliphatic hydroxyl groups excluding tert-OH is 1. The fourth-order valence-corrected chi connectivity index (χ4v) is 1.78. The van der Waals surface area contributed by atoms with Crippen LogP contribution in [0.2, 0.25) is 0 Å². The first-order valence-corrected chi connectivity index (χ1v) is 5.77. The summed E-state index contributed by atoms with van der Waals surface area (Å²) in [6, 6.07) is 0. The van der Waals surface area contributed by atoms with Gasteiger partial charge in [0, 0.05) is 31.8 Å². The maximum absolute atomic E-state index is 9.06. The SMILES string of the molecule is CC1CN(CCC(C)(N)CO)CCCO1. The van der Waals surface area contributed by atoms with Crippen LogP contribution in [-0.4, -0.2) is 54.5 Å². The van der Waals surface area contributed by atoms with Crippen molar-refractivity contribution in [1.29, 1.82) is 0 Å². The Kier molecular flexibility index (Phi) is 4.99. The predicted octanol–water partition coefficient (Wildman–Crippen LogP) is 0.197. The average molecular weight is 216 g/mol. The third-order valence-corrected chi connectivity index (χ3v) is 2.90. The fourth-order valence-electron chi connectivity index (χ4n) is 1.78. The molecule has 0 bridgehead atoms. The lowest BCUT2D eigenvalue weighted by atomic mass is 10.0. The molecule has 0 saturated carbocycles. The molecule has 1 saturated heterocycles. The van der Waals surface area contributed by atoms with E-state index in [-0.39, 0.29) is 6.61 Å². The molecule has 4 nitrogen and oxygen atoms in total. The van der Waals surface area contributed by atoms with Crippen LogP contribution in [0.5, 0.6) is 0 Å². The number of hydrogen-bond acceptors (Lipinski definition) is 4. The van der Waals surface area contributed by atoms with Gasteiger partial charge < -0.3 is 20.5 Å². The zero-order valence-corrected chi connectivity index (χ0v) is 9.91. The normalized spacial score (nSPS) is 28.4. The molecule has 1 fully saturated rings. The maximum Gasteiger partial charge on any atom is 0.0673 e. The molecular formula is C11H24N2O2. The third kappa shape index (κ3) is 4.93. The summed E-state index contributed by atoms with van der Waals surface area (Å²) >= 11 is 0. The van der Waals surface area contributed by atoms with E-state index in [2.05, 4.69) is 11.8 Å². The van der Waals surface area contributed by atoms with Crippen LogP contribution >= 0.6 is 0 Å². The average Bonchev–Trinajstić information content (AvgIpc) is 2.40. The lowest BCUT2D eigenvalue weighted by molar-refractivity contribution is 0.0660. The number of rotatable bonds is 4. The summed E-state index contributed by atoms with van der Waals surface area (Å²) in [6.07, 6.45) is 2.23. The van der Waals surface area contributed by atoms with Crippen LogP contribution in [0.15, 0.2) is 0 Å². The molecule has 1 heterocycles. The van der Waals surface area contributed by atoms with Crippen molar-refractivity contribution in [3.63, 3.8) is 0 Å². The molecule has 0 aromatic heterocycles. The zero-order chi connectivity index (χ0) is 11.3. The van der Waals surface area contributed by atoms with Gasteiger partial charge in [0.1, 0.15) is 0 Å². The van der Waals surface area contributed by atoms with Gasteiger partial charge in [-0.2, -0.15) is 0 Å². The number of hydrogen-bond donors (Lipinski definition) is 2. The van der Waals surface area contributed by atoms with Crippen molar-refractivity contribution < 1.29 is 9.84 Å². The second kappa shape index (κ2) is 5.80. The topological polar surface area (TPSA) is 58.7 Å². The molecule has 1 aliphatic heterocycles. The summed E-state index contributed by atoms with van der Waals surface area (Å²) in [5.41, 5.74) is 5.45. The number of aliphatic hydroxyl groups is 1. The van der Waals surface area contributed by atoms with Crippen molar-refractivity contribution in [2.24, 2.45) is 5.73 Å². The Balaban J connectivity index is 2.30. The van der Waals surface area contributed by atoms with Gasteiger partial charge in [-0.15, -0.1) is 0 Å². The molecule has 90 valence electrons. The van der Waals surface area contributed by atoms with Gasteiger partial charge in [-0.3, -0.25) is 0 Å². The Morgan fingerprint density at radius 2 is 2.33 bits per heavy atom. The molecule has 3 N–H and O–H groups in total. The van der Waals surface area contributed by atoms with Gasteiger partial charge in [0.05, 0.1) is 12.7 Å². The minimum absolute atomic E-state index is 0.0485. The van der Waals surface area contributed by atoms with Crippen molar-refractivity contribution in [1.82, 2.24) is 4.90 Å². The van der Waals surface area contributed by atoms with E-state index < -0.39 is 5.54 Å². The van der Waals surface area contributed by atoms with Gasteiger partial charge in [-0.05, 0) is 26.7 Å². The quantitative estimate of drug-likeness (QED) is 0.704. The summed E-state index contributed by atoms with van der Waals surface area (Å²) in [4.78, 5) is 2.37. The van der Waals surface area contributed by atoms with E-state index in [4.69, 9.17) is 15.6 Å². The molecular weight excluding hydrogens is 192 g/mol. The minimum atomic E-state index is -0.448. The van der Waals surface area contributed by atoms with Crippen LogP contribution in [0.25, 0.3) is 0 Å². The molecule has 0 aromatic rings. The first-order valence-electron chi connectivity index (χ1n) is 5.77. The highest BCUT2D eigenvalue weighted by Gasteiger charge is 2.20. The summed E-state index contributed by atoms with van der Waals surface area (Å²) < 4.78 is 5.57. The summed E-state index contributed by atoms with van der Waals surface area (Å²) in [5.74, 6) is 0. The number of nitrogens with two attached hydrogens (primary N) is 1. The molecule has 0 radical (unpaired) electrons. The van der Waals surface area contributed by atoms with Gasteiger partial charge in [0.25, 0.3) is 0 Å². The van der Waals surface area contributed by atoms with E-state index in [0.717, 1.165) is 39.1 Å². The smallest absolute Gasteiger partial charge is 0.0673 e. The molecule has 1 rings (SSSR count). The van der Waals surface area contributed by atoms with E-state index in [0.29, 0.717) is 6.10 Å². The molecule has 2 unspecified atom stereocenters. The molecule has 1 aliphatic rings. The summed E-state index contributed by atoms with van der Waals surface area (Å²) in [5, 5.41) is 9.06. The molecule has 15 heavy (non-hydrogen) atoms. The predicted molar refractivity (Wildman–Crippen MR) is 60.8 cm³/mol. The standard InChI is InChI=1S/C11H24N2O2/c1-10-8-13(5-3-7-15-10)6-4-11(2,12)9-14/h10,14H,3-9,12H2,1-2H3. The zero-order valence-electron chi connectivity index (χ0n) is 9.91. The van der Waals surface area contributed by atoms with Crippen LogP contribution in [-0.2, 0) is 4.74 Å². The molecule has 2 atom stereocenters. The van der Waals surface area contributed by atoms with E-state index in [1.165, 1.54) is 0 Å². The number of ether oxygens (including phenoxy) is 1. The van der Waals surface area contributed by atoms with Crippen LogP contribution in [0.1, 0.15) is 26.7 Å². The van der Waals surface area contributed by atoms with Crippen LogP contribution in [0.4, 0.5) is 0 Å². The van der Waals surface area contributed by atoms with Gasteiger partial charge in [0.2, 0.25) is 0 Å². The third-order valence-electron chi connectivity index (χ3n) is 2.90. The van der Waals surface area contributed by atoms with E-state index in [9.17, 15) is 0 Å². The Labute approximate surface area is 92.4 Å². The van der Waals surface area contributed by atoms with Crippen molar-refractivity contribution in [2.45, 2.75) is 38.3 Å². The van der Waals surface area contributed by atoms with E-state index in [1.807, 2.05) is 6.92 Å². The monoisotopic (exact) mass is 216 g/mol. The van der Waals surface area contributed by atoms with Gasteiger partial charge in [-0.25, -0.2) is 0 Å². The van der Waals surface area contributed by atoms with Gasteiger partial charge in [-0.1, -0.05) is 0 Å². The first kappa shape index (κ1) is 12.9. The molecule has 0 aliphatic carbocycles. The highest BCUT2D eigenvalue weighted by molar-refractivity contribution is 4.79. The van der Waals surface area contributed by atoms with Gasteiger partial charge in [0.15, 0.2) is 0 Å². The van der Waals surface area contributed by atoms with E-state index in [1.54, 1.807) is 0 Å². The van der Waals surface area contributed by atoms with Crippen molar-refractivity contribution in [2.75, 3.05) is 32.8 Å². The molecule has 0 spiro atoms. The van der Waals surface area contributed by atoms with E-state index >= 15 is 0 Å². The van der Waals surface area contributed by atoms with Crippen molar-refractivity contribution >= 4 is 0 Å². The summed E-state index contributed by atoms with van der Waals surface area (Å²) in [6.45, 7) is 7.90. The Hall–Kier alpha value is -0.160. The van der Waals surface area contributed by atoms with Crippen LogP contribution in [0.3, 0.4) is 0 Å².